The molecule has 1 fully saturated rings. The van der Waals surface area contributed by atoms with E-state index in [0.717, 1.165) is 31.2 Å². The van der Waals surface area contributed by atoms with Gasteiger partial charge in [-0.15, -0.1) is 11.3 Å². The second-order valence-electron chi connectivity index (χ2n) is 5.00. The van der Waals surface area contributed by atoms with E-state index in [-0.39, 0.29) is 6.04 Å². The van der Waals surface area contributed by atoms with Gasteiger partial charge >= 0.3 is 0 Å². The molecule has 1 aromatic rings. The van der Waals surface area contributed by atoms with Gasteiger partial charge in [0.05, 0.1) is 0 Å². The number of unbranched alkanes of at least 4 members (excludes halogenated alkanes) is 1. The second kappa shape index (κ2) is 6.35. The van der Waals surface area contributed by atoms with Gasteiger partial charge in [0, 0.05) is 19.1 Å². The molecule has 4 nitrogen and oxygen atoms in total. The number of thiophene rings is 1. The molecule has 0 saturated heterocycles. The zero-order valence-electron chi connectivity index (χ0n) is 11.6. The lowest BCUT2D eigenvalue weighted by Crippen LogP contribution is -2.33. The minimum absolute atomic E-state index is 0.242. The van der Waals surface area contributed by atoms with Crippen LogP contribution in [0.15, 0.2) is 15.7 Å². The Kier molecular flexibility index (Phi) is 5.00. The smallest absolute Gasteiger partial charge is 0.252 e. The maximum atomic E-state index is 12.7. The molecule has 1 aromatic heterocycles. The second-order valence-corrected chi connectivity index (χ2v) is 8.03. The van der Waals surface area contributed by atoms with Crippen LogP contribution in [0.2, 0.25) is 0 Å². The van der Waals surface area contributed by atoms with Gasteiger partial charge in [-0.2, -0.15) is 4.31 Å². The topological polar surface area (TPSA) is 49.4 Å². The van der Waals surface area contributed by atoms with Crippen molar-refractivity contribution in [1.29, 1.82) is 0 Å². The van der Waals surface area contributed by atoms with Crippen LogP contribution in [0.3, 0.4) is 0 Å². The summed E-state index contributed by atoms with van der Waals surface area (Å²) in [5.74, 6) is 0. The molecule has 1 heterocycles. The van der Waals surface area contributed by atoms with Crippen LogP contribution < -0.4 is 5.32 Å². The van der Waals surface area contributed by atoms with E-state index in [1.54, 1.807) is 10.4 Å². The Hall–Kier alpha value is -0.430. The lowest BCUT2D eigenvalue weighted by molar-refractivity contribution is 0.397. The summed E-state index contributed by atoms with van der Waals surface area (Å²) in [7, 11) is -1.42. The van der Waals surface area contributed by atoms with Crippen molar-refractivity contribution in [2.45, 2.75) is 49.4 Å². The molecule has 6 heteroatoms. The summed E-state index contributed by atoms with van der Waals surface area (Å²) in [5, 5.41) is 4.97. The molecule has 0 amide bonds. The first-order valence-corrected chi connectivity index (χ1v) is 9.15. The van der Waals surface area contributed by atoms with Gasteiger partial charge in [0.15, 0.2) is 0 Å². The number of nitrogens with one attached hydrogen (secondary N) is 1. The van der Waals surface area contributed by atoms with Crippen molar-refractivity contribution >= 4 is 21.4 Å². The maximum absolute atomic E-state index is 12.7. The first kappa shape index (κ1) is 15.0. The van der Waals surface area contributed by atoms with Crippen molar-refractivity contribution in [2.24, 2.45) is 0 Å². The summed E-state index contributed by atoms with van der Waals surface area (Å²) in [6, 6.07) is 2.05. The Morgan fingerprint density at radius 3 is 2.79 bits per heavy atom. The van der Waals surface area contributed by atoms with E-state index in [1.165, 1.54) is 11.3 Å². The van der Waals surface area contributed by atoms with Crippen molar-refractivity contribution in [2.75, 3.05) is 13.6 Å². The molecule has 0 atom stereocenters. The SMILES string of the molecule is CCCCN(C1CC1)S(=O)(=O)c1cc(CNC)cs1. The summed E-state index contributed by atoms with van der Waals surface area (Å²) in [6.45, 7) is 3.46. The van der Waals surface area contributed by atoms with Gasteiger partial charge in [0.25, 0.3) is 10.0 Å². The van der Waals surface area contributed by atoms with E-state index in [4.69, 9.17) is 0 Å². The van der Waals surface area contributed by atoms with Crippen molar-refractivity contribution in [3.8, 4) is 0 Å². The minimum atomic E-state index is -3.28. The zero-order chi connectivity index (χ0) is 13.9. The van der Waals surface area contributed by atoms with Crippen LogP contribution in [-0.4, -0.2) is 32.4 Å². The predicted molar refractivity (Wildman–Crippen MR) is 78.9 cm³/mol. The van der Waals surface area contributed by atoms with Crippen LogP contribution in [-0.2, 0) is 16.6 Å². The normalized spacial score (nSPS) is 16.2. The third-order valence-corrected chi connectivity index (χ3v) is 6.68. The maximum Gasteiger partial charge on any atom is 0.252 e. The third kappa shape index (κ3) is 3.56. The van der Waals surface area contributed by atoms with Crippen LogP contribution >= 0.6 is 11.3 Å². The van der Waals surface area contributed by atoms with Gasteiger partial charge in [-0.3, -0.25) is 0 Å². The molecule has 0 spiro atoms. The van der Waals surface area contributed by atoms with E-state index in [1.807, 2.05) is 12.4 Å². The van der Waals surface area contributed by atoms with E-state index in [9.17, 15) is 8.42 Å². The summed E-state index contributed by atoms with van der Waals surface area (Å²) in [6.07, 6.45) is 3.98. The first-order valence-electron chi connectivity index (χ1n) is 6.83. The third-order valence-electron chi connectivity index (χ3n) is 3.26. The van der Waals surface area contributed by atoms with Crippen LogP contribution in [0.1, 0.15) is 38.2 Å². The van der Waals surface area contributed by atoms with Crippen LogP contribution in [0.5, 0.6) is 0 Å². The summed E-state index contributed by atoms with van der Waals surface area (Å²) in [5.41, 5.74) is 1.04. The molecule has 1 N–H and O–H groups in total. The standard InChI is InChI=1S/C13H22N2O2S2/c1-3-4-7-15(12-5-6-12)19(16,17)13-8-11(9-14-2)10-18-13/h8,10,12,14H,3-7,9H2,1-2H3. The van der Waals surface area contributed by atoms with Crippen molar-refractivity contribution < 1.29 is 8.42 Å². The Labute approximate surface area is 119 Å². The monoisotopic (exact) mass is 302 g/mol. The Morgan fingerprint density at radius 2 is 2.21 bits per heavy atom. The minimum Gasteiger partial charge on any atom is -0.316 e. The van der Waals surface area contributed by atoms with Crippen molar-refractivity contribution in [1.82, 2.24) is 9.62 Å². The number of sulfonamides is 1. The Morgan fingerprint density at radius 1 is 1.47 bits per heavy atom. The van der Waals surface area contributed by atoms with E-state index >= 15 is 0 Å². The highest BCUT2D eigenvalue weighted by Gasteiger charge is 2.38. The van der Waals surface area contributed by atoms with Gasteiger partial charge in [-0.1, -0.05) is 13.3 Å². The summed E-state index contributed by atoms with van der Waals surface area (Å²) >= 11 is 1.33. The predicted octanol–water partition coefficient (Wildman–Crippen LogP) is 2.42. The number of hydrogen-bond donors (Lipinski definition) is 1. The molecule has 108 valence electrons. The molecule has 0 radical (unpaired) electrons. The van der Waals surface area contributed by atoms with Gasteiger partial charge in [0.1, 0.15) is 4.21 Å². The number of rotatable bonds is 8. The van der Waals surface area contributed by atoms with Crippen LogP contribution in [0, 0.1) is 0 Å². The zero-order valence-corrected chi connectivity index (χ0v) is 13.2. The molecule has 1 aliphatic rings. The Bertz CT molecular complexity index is 506. The highest BCUT2D eigenvalue weighted by Crippen LogP contribution is 2.34. The highest BCUT2D eigenvalue weighted by molar-refractivity contribution is 7.91. The van der Waals surface area contributed by atoms with Crippen LogP contribution in [0.25, 0.3) is 0 Å². The molecule has 19 heavy (non-hydrogen) atoms. The highest BCUT2D eigenvalue weighted by atomic mass is 32.2. The van der Waals surface area contributed by atoms with E-state index in [2.05, 4.69) is 12.2 Å². The van der Waals surface area contributed by atoms with Crippen molar-refractivity contribution in [3.05, 3.63) is 17.0 Å². The lowest BCUT2D eigenvalue weighted by atomic mass is 10.3. The quantitative estimate of drug-likeness (QED) is 0.802. The molecule has 0 aromatic carbocycles. The largest absolute Gasteiger partial charge is 0.316 e. The van der Waals surface area contributed by atoms with E-state index in [0.29, 0.717) is 17.3 Å². The molecule has 0 unspecified atom stereocenters. The molecule has 1 aliphatic carbocycles. The fraction of sp³-hybridized carbons (Fsp3) is 0.692. The fourth-order valence-electron chi connectivity index (χ4n) is 2.08. The van der Waals surface area contributed by atoms with Gasteiger partial charge in [0.2, 0.25) is 0 Å². The average Bonchev–Trinajstić information content (AvgIpc) is 3.08. The molecular formula is C13H22N2O2S2. The summed E-state index contributed by atoms with van der Waals surface area (Å²) in [4.78, 5) is 0. The average molecular weight is 302 g/mol. The number of hydrogen-bond acceptors (Lipinski definition) is 4. The fourth-order valence-corrected chi connectivity index (χ4v) is 5.14. The van der Waals surface area contributed by atoms with Gasteiger partial charge in [-0.05, 0) is 43.3 Å². The molecular weight excluding hydrogens is 280 g/mol. The van der Waals surface area contributed by atoms with Crippen molar-refractivity contribution in [3.63, 3.8) is 0 Å². The number of nitrogens with zero attached hydrogens (tertiary/aromatic N) is 1. The summed E-state index contributed by atoms with van der Waals surface area (Å²) < 4.78 is 27.5. The molecule has 0 aliphatic heterocycles. The Balaban J connectivity index is 2.17. The lowest BCUT2D eigenvalue weighted by Gasteiger charge is -2.20. The van der Waals surface area contributed by atoms with E-state index < -0.39 is 10.0 Å². The van der Waals surface area contributed by atoms with Crippen LogP contribution in [0.4, 0.5) is 0 Å². The first-order chi connectivity index (χ1) is 9.09. The molecule has 2 rings (SSSR count). The van der Waals surface area contributed by atoms with Gasteiger partial charge < -0.3 is 5.32 Å². The van der Waals surface area contributed by atoms with Gasteiger partial charge in [-0.25, -0.2) is 8.42 Å². The molecule has 1 saturated carbocycles. The molecule has 0 bridgehead atoms.